The molecule has 0 amide bonds. The van der Waals surface area contributed by atoms with Crippen LogP contribution in [0.2, 0.25) is 0 Å². The number of rotatable bonds is 4. The van der Waals surface area contributed by atoms with Crippen LogP contribution in [0.1, 0.15) is 27.2 Å². The highest BCUT2D eigenvalue weighted by Crippen LogP contribution is 2.02. The van der Waals surface area contributed by atoms with Gasteiger partial charge in [-0.2, -0.15) is 0 Å². The normalized spacial score (nSPS) is 12.9. The Labute approximate surface area is 69.5 Å². The fourth-order valence-electron chi connectivity index (χ4n) is 0.777. The molecule has 1 nitrogen and oxygen atoms in total. The summed E-state index contributed by atoms with van der Waals surface area (Å²) in [6.45, 7) is 10.0. The van der Waals surface area contributed by atoms with Gasteiger partial charge >= 0.3 is 0 Å². The van der Waals surface area contributed by atoms with Gasteiger partial charge in [-0.05, 0) is 25.3 Å². The van der Waals surface area contributed by atoms with E-state index in [9.17, 15) is 0 Å². The number of aliphatic imine (C=N–C) groups is 1. The van der Waals surface area contributed by atoms with E-state index >= 15 is 0 Å². The highest BCUT2D eigenvalue weighted by atomic mass is 14.7. The smallest absolute Gasteiger partial charge is 0.0400 e. The Kier molecular flexibility index (Phi) is 5.44. The lowest BCUT2D eigenvalue weighted by molar-refractivity contribution is 0.685. The molecule has 11 heavy (non-hydrogen) atoms. The summed E-state index contributed by atoms with van der Waals surface area (Å²) in [7, 11) is 0. The van der Waals surface area contributed by atoms with Gasteiger partial charge in [0.2, 0.25) is 0 Å². The molecule has 62 valence electrons. The largest absolute Gasteiger partial charge is 0.262 e. The van der Waals surface area contributed by atoms with Crippen molar-refractivity contribution in [2.24, 2.45) is 10.9 Å². The molecule has 0 heterocycles. The van der Waals surface area contributed by atoms with Crippen molar-refractivity contribution in [1.82, 2.24) is 0 Å². The third-order valence-corrected chi connectivity index (χ3v) is 1.24. The third-order valence-electron chi connectivity index (χ3n) is 1.24. The first kappa shape index (κ1) is 10.2. The molecular weight excluding hydrogens is 134 g/mol. The van der Waals surface area contributed by atoms with E-state index in [1.807, 2.05) is 19.1 Å². The van der Waals surface area contributed by atoms with Crippen LogP contribution < -0.4 is 0 Å². The lowest BCUT2D eigenvalue weighted by Gasteiger charge is -2.02. The first-order chi connectivity index (χ1) is 5.20. The molecule has 0 atom stereocenters. The maximum absolute atomic E-state index is 4.22. The molecule has 0 radical (unpaired) electrons. The summed E-state index contributed by atoms with van der Waals surface area (Å²) in [4.78, 5) is 4.22. The molecule has 0 bridgehead atoms. The minimum Gasteiger partial charge on any atom is -0.262 e. The van der Waals surface area contributed by atoms with E-state index < -0.39 is 0 Å². The summed E-state index contributed by atoms with van der Waals surface area (Å²) >= 11 is 0. The molecule has 0 N–H and O–H groups in total. The molecule has 1 heteroatoms. The molecule has 0 saturated heterocycles. The predicted octanol–water partition coefficient (Wildman–Crippen LogP) is 3.19. The van der Waals surface area contributed by atoms with E-state index in [2.05, 4.69) is 25.4 Å². The summed E-state index contributed by atoms with van der Waals surface area (Å²) in [6.07, 6.45) is 6.55. The third kappa shape index (κ3) is 5.59. The van der Waals surface area contributed by atoms with Crippen LogP contribution in [0.5, 0.6) is 0 Å². The zero-order valence-electron chi connectivity index (χ0n) is 7.67. The van der Waals surface area contributed by atoms with Crippen molar-refractivity contribution in [2.45, 2.75) is 27.2 Å². The van der Waals surface area contributed by atoms with E-state index in [1.54, 1.807) is 6.20 Å². The number of nitrogens with zero attached hydrogens (tertiary/aromatic N) is 1. The topological polar surface area (TPSA) is 12.4 Å². The van der Waals surface area contributed by atoms with Crippen molar-refractivity contribution in [3.8, 4) is 0 Å². The highest BCUT2D eigenvalue weighted by Gasteiger charge is 1.96. The lowest BCUT2D eigenvalue weighted by atomic mass is 10.1. The summed E-state index contributed by atoms with van der Waals surface area (Å²) in [6, 6.07) is 0. The van der Waals surface area contributed by atoms with E-state index in [4.69, 9.17) is 0 Å². The summed E-state index contributed by atoms with van der Waals surface area (Å²) in [5, 5.41) is 0. The van der Waals surface area contributed by atoms with Crippen LogP contribution in [0.3, 0.4) is 0 Å². The summed E-state index contributed by atoms with van der Waals surface area (Å²) in [5.41, 5.74) is 1.07. The van der Waals surface area contributed by atoms with Gasteiger partial charge in [0.05, 0.1) is 0 Å². The van der Waals surface area contributed by atoms with Gasteiger partial charge in [0, 0.05) is 11.9 Å². The zero-order valence-corrected chi connectivity index (χ0v) is 7.67. The monoisotopic (exact) mass is 151 g/mol. The van der Waals surface area contributed by atoms with Crippen LogP contribution >= 0.6 is 0 Å². The van der Waals surface area contributed by atoms with Gasteiger partial charge in [0.15, 0.2) is 0 Å². The molecule has 0 unspecified atom stereocenters. The van der Waals surface area contributed by atoms with Gasteiger partial charge in [0.1, 0.15) is 0 Å². The molecular formula is C10H17N. The predicted molar refractivity (Wildman–Crippen MR) is 51.9 cm³/mol. The zero-order chi connectivity index (χ0) is 8.69. The van der Waals surface area contributed by atoms with E-state index in [1.165, 1.54) is 0 Å². The minimum absolute atomic E-state index is 0.650. The molecule has 0 aliphatic carbocycles. The minimum atomic E-state index is 0.650. The van der Waals surface area contributed by atoms with Crippen LogP contribution in [0, 0.1) is 5.92 Å². The number of hydrogen-bond acceptors (Lipinski definition) is 1. The van der Waals surface area contributed by atoms with Crippen LogP contribution in [0.15, 0.2) is 29.9 Å². The van der Waals surface area contributed by atoms with Gasteiger partial charge in [-0.3, -0.25) is 4.99 Å². The Bertz CT molecular complexity index is 164. The van der Waals surface area contributed by atoms with Crippen LogP contribution in [-0.2, 0) is 0 Å². The van der Waals surface area contributed by atoms with Gasteiger partial charge in [0.25, 0.3) is 0 Å². The molecule has 0 aliphatic heterocycles. The fraction of sp³-hybridized carbons (Fsp3) is 0.500. The average Bonchev–Trinajstić information content (AvgIpc) is 1.97. The molecule has 0 saturated carbocycles. The van der Waals surface area contributed by atoms with Crippen molar-refractivity contribution in [1.29, 1.82) is 0 Å². The molecule has 0 fully saturated rings. The van der Waals surface area contributed by atoms with Crippen molar-refractivity contribution in [3.63, 3.8) is 0 Å². The van der Waals surface area contributed by atoms with Gasteiger partial charge in [-0.15, -0.1) is 0 Å². The Morgan fingerprint density at radius 3 is 2.55 bits per heavy atom. The van der Waals surface area contributed by atoms with Gasteiger partial charge in [-0.25, -0.2) is 0 Å². The number of allylic oxidation sites excluding steroid dienone is 2. The molecule has 0 aliphatic rings. The van der Waals surface area contributed by atoms with Crippen molar-refractivity contribution in [3.05, 3.63) is 24.9 Å². The van der Waals surface area contributed by atoms with E-state index in [0.717, 1.165) is 12.1 Å². The van der Waals surface area contributed by atoms with Crippen LogP contribution in [0.25, 0.3) is 0 Å². The van der Waals surface area contributed by atoms with E-state index in [0.29, 0.717) is 5.92 Å². The second kappa shape index (κ2) is 5.90. The van der Waals surface area contributed by atoms with Crippen molar-refractivity contribution < 1.29 is 0 Å². The average molecular weight is 151 g/mol. The van der Waals surface area contributed by atoms with Gasteiger partial charge < -0.3 is 0 Å². The first-order valence-corrected chi connectivity index (χ1v) is 4.01. The van der Waals surface area contributed by atoms with Crippen LogP contribution in [-0.4, -0.2) is 5.71 Å². The first-order valence-electron chi connectivity index (χ1n) is 4.01. The summed E-state index contributed by atoms with van der Waals surface area (Å²) < 4.78 is 0. The molecule has 0 rings (SSSR count). The maximum Gasteiger partial charge on any atom is 0.0400 e. The Morgan fingerprint density at radius 2 is 2.18 bits per heavy atom. The summed E-state index contributed by atoms with van der Waals surface area (Å²) in [5.74, 6) is 0.650. The Morgan fingerprint density at radius 1 is 1.55 bits per heavy atom. The second-order valence-corrected chi connectivity index (χ2v) is 2.90. The highest BCUT2D eigenvalue weighted by molar-refractivity contribution is 5.94. The quantitative estimate of drug-likeness (QED) is 0.547. The Balaban J connectivity index is 4.04. The van der Waals surface area contributed by atoms with E-state index in [-0.39, 0.29) is 0 Å². The lowest BCUT2D eigenvalue weighted by Crippen LogP contribution is -1.98. The van der Waals surface area contributed by atoms with Crippen LogP contribution in [0.4, 0.5) is 0 Å². The molecule has 0 aromatic heterocycles. The second-order valence-electron chi connectivity index (χ2n) is 2.90. The number of hydrogen-bond donors (Lipinski definition) is 0. The van der Waals surface area contributed by atoms with Crippen molar-refractivity contribution in [2.75, 3.05) is 0 Å². The molecule has 0 aromatic rings. The Hall–Kier alpha value is -0.850. The SMILES string of the molecule is C=CC(CC(C)C)=N/C=C\C. The maximum atomic E-state index is 4.22. The molecule has 0 aromatic carbocycles. The molecule has 0 spiro atoms. The van der Waals surface area contributed by atoms with Gasteiger partial charge in [-0.1, -0.05) is 26.5 Å². The fourth-order valence-corrected chi connectivity index (χ4v) is 0.777. The standard InChI is InChI=1S/C10H17N/c1-5-7-11-10(6-2)8-9(3)4/h5-7,9H,2,8H2,1,3-4H3/b7-5-,11-10?. The van der Waals surface area contributed by atoms with Crippen molar-refractivity contribution >= 4 is 5.71 Å².